The maximum absolute atomic E-state index is 11.9. The molecular formula is C16H18N2O3. The summed E-state index contributed by atoms with van der Waals surface area (Å²) in [5, 5.41) is 14.9. The van der Waals surface area contributed by atoms with Crippen LogP contribution in [-0.2, 0) is 0 Å². The summed E-state index contributed by atoms with van der Waals surface area (Å²) in [6, 6.07) is 13.8. The van der Waals surface area contributed by atoms with Crippen LogP contribution in [0.1, 0.15) is 18.6 Å². The molecule has 3 N–H and O–H groups in total. The van der Waals surface area contributed by atoms with E-state index in [0.29, 0.717) is 17.1 Å². The number of methoxy groups -OCH3 is 1. The number of nitrogens with one attached hydrogen (secondary N) is 2. The largest absolute Gasteiger partial charge is 0.497 e. The predicted molar refractivity (Wildman–Crippen MR) is 82.7 cm³/mol. The zero-order valence-corrected chi connectivity index (χ0v) is 12.0. The van der Waals surface area contributed by atoms with Gasteiger partial charge in [-0.25, -0.2) is 4.79 Å². The van der Waals surface area contributed by atoms with Gasteiger partial charge in [0.15, 0.2) is 0 Å². The molecule has 1 unspecified atom stereocenters. The van der Waals surface area contributed by atoms with Crippen molar-refractivity contribution in [3.63, 3.8) is 0 Å². The Balaban J connectivity index is 1.97. The van der Waals surface area contributed by atoms with Gasteiger partial charge in [-0.15, -0.1) is 0 Å². The minimum atomic E-state index is -0.523. The highest BCUT2D eigenvalue weighted by Crippen LogP contribution is 2.18. The Hall–Kier alpha value is -2.53. The monoisotopic (exact) mass is 286 g/mol. The minimum Gasteiger partial charge on any atom is -0.497 e. The molecule has 0 heterocycles. The van der Waals surface area contributed by atoms with Crippen molar-refractivity contribution in [1.29, 1.82) is 0 Å². The fourth-order valence-electron chi connectivity index (χ4n) is 1.84. The zero-order chi connectivity index (χ0) is 15.2. The lowest BCUT2D eigenvalue weighted by Gasteiger charge is -2.10. The highest BCUT2D eigenvalue weighted by Gasteiger charge is 2.05. The molecule has 2 amide bonds. The molecule has 21 heavy (non-hydrogen) atoms. The molecule has 0 saturated carbocycles. The summed E-state index contributed by atoms with van der Waals surface area (Å²) in [5.41, 5.74) is 2.10. The van der Waals surface area contributed by atoms with Gasteiger partial charge in [0.1, 0.15) is 5.75 Å². The van der Waals surface area contributed by atoms with E-state index in [-0.39, 0.29) is 6.03 Å². The number of carbonyl (C=O) groups is 1. The molecule has 5 nitrogen and oxygen atoms in total. The van der Waals surface area contributed by atoms with Crippen molar-refractivity contribution in [2.75, 3.05) is 17.7 Å². The van der Waals surface area contributed by atoms with Crippen molar-refractivity contribution < 1.29 is 14.6 Å². The third kappa shape index (κ3) is 4.22. The first-order valence-corrected chi connectivity index (χ1v) is 6.58. The van der Waals surface area contributed by atoms with Crippen molar-refractivity contribution in [3.8, 4) is 5.75 Å². The molecule has 110 valence electrons. The van der Waals surface area contributed by atoms with Crippen LogP contribution < -0.4 is 15.4 Å². The van der Waals surface area contributed by atoms with E-state index in [2.05, 4.69) is 10.6 Å². The molecule has 0 spiro atoms. The molecule has 0 aromatic heterocycles. The van der Waals surface area contributed by atoms with E-state index >= 15 is 0 Å². The average Bonchev–Trinajstić information content (AvgIpc) is 2.47. The lowest BCUT2D eigenvalue weighted by Crippen LogP contribution is -2.19. The van der Waals surface area contributed by atoms with Crippen molar-refractivity contribution >= 4 is 17.4 Å². The lowest BCUT2D eigenvalue weighted by molar-refractivity contribution is 0.199. The number of anilines is 2. The summed E-state index contributed by atoms with van der Waals surface area (Å²) in [5.74, 6) is 0.675. The second-order valence-corrected chi connectivity index (χ2v) is 4.61. The lowest BCUT2D eigenvalue weighted by atomic mass is 10.1. The molecule has 0 aliphatic carbocycles. The van der Waals surface area contributed by atoms with Gasteiger partial charge < -0.3 is 20.5 Å². The van der Waals surface area contributed by atoms with E-state index < -0.39 is 6.10 Å². The molecule has 0 aliphatic heterocycles. The van der Waals surface area contributed by atoms with Gasteiger partial charge in [0, 0.05) is 17.4 Å². The van der Waals surface area contributed by atoms with Crippen molar-refractivity contribution in [3.05, 3.63) is 54.1 Å². The van der Waals surface area contributed by atoms with Gasteiger partial charge in [-0.1, -0.05) is 18.2 Å². The van der Waals surface area contributed by atoms with Gasteiger partial charge in [0.25, 0.3) is 0 Å². The van der Waals surface area contributed by atoms with Crippen LogP contribution >= 0.6 is 0 Å². The first kappa shape index (κ1) is 14.9. The number of benzene rings is 2. The van der Waals surface area contributed by atoms with Gasteiger partial charge in [-0.2, -0.15) is 0 Å². The number of ether oxygens (including phenoxy) is 1. The summed E-state index contributed by atoms with van der Waals surface area (Å²) >= 11 is 0. The first-order valence-electron chi connectivity index (χ1n) is 6.58. The quantitative estimate of drug-likeness (QED) is 0.806. The normalized spacial score (nSPS) is 11.6. The predicted octanol–water partition coefficient (Wildman–Crippen LogP) is 3.39. The third-order valence-electron chi connectivity index (χ3n) is 2.98. The van der Waals surface area contributed by atoms with Crippen molar-refractivity contribution in [2.45, 2.75) is 13.0 Å². The van der Waals surface area contributed by atoms with Crippen LogP contribution in [0.25, 0.3) is 0 Å². The Morgan fingerprint density at radius 2 is 1.76 bits per heavy atom. The smallest absolute Gasteiger partial charge is 0.323 e. The fourth-order valence-corrected chi connectivity index (χ4v) is 1.84. The Kier molecular flexibility index (Phi) is 4.79. The number of hydrogen-bond acceptors (Lipinski definition) is 3. The van der Waals surface area contributed by atoms with E-state index in [4.69, 9.17) is 4.74 Å². The fraction of sp³-hybridized carbons (Fsp3) is 0.188. The number of aliphatic hydroxyl groups is 1. The minimum absolute atomic E-state index is 0.340. The molecular weight excluding hydrogens is 268 g/mol. The average molecular weight is 286 g/mol. The second kappa shape index (κ2) is 6.76. The van der Waals surface area contributed by atoms with Gasteiger partial charge in [0.2, 0.25) is 0 Å². The number of urea groups is 1. The molecule has 0 bridgehead atoms. The van der Waals surface area contributed by atoms with E-state index in [1.807, 2.05) is 0 Å². The molecule has 0 radical (unpaired) electrons. The van der Waals surface area contributed by atoms with Crippen molar-refractivity contribution in [1.82, 2.24) is 0 Å². The first-order chi connectivity index (χ1) is 10.1. The van der Waals surface area contributed by atoms with E-state index in [1.165, 1.54) is 0 Å². The topological polar surface area (TPSA) is 70.6 Å². The summed E-state index contributed by atoms with van der Waals surface area (Å²) in [6.07, 6.45) is -0.523. The summed E-state index contributed by atoms with van der Waals surface area (Å²) in [7, 11) is 1.57. The maximum Gasteiger partial charge on any atom is 0.323 e. The molecule has 1 atom stereocenters. The Labute approximate surface area is 123 Å². The number of aliphatic hydroxyl groups excluding tert-OH is 1. The van der Waals surface area contributed by atoms with E-state index in [0.717, 1.165) is 5.56 Å². The SMILES string of the molecule is COc1cccc(NC(=O)Nc2ccc(C(C)O)cc2)c1. The van der Waals surface area contributed by atoms with Crippen LogP contribution in [0.15, 0.2) is 48.5 Å². The van der Waals surface area contributed by atoms with Gasteiger partial charge in [-0.3, -0.25) is 0 Å². The number of amides is 2. The Morgan fingerprint density at radius 1 is 1.10 bits per heavy atom. The molecule has 0 fully saturated rings. The number of rotatable bonds is 4. The molecule has 2 aromatic rings. The van der Waals surface area contributed by atoms with Crippen LogP contribution in [0.2, 0.25) is 0 Å². The zero-order valence-electron chi connectivity index (χ0n) is 12.0. The van der Waals surface area contributed by atoms with Gasteiger partial charge in [0.05, 0.1) is 13.2 Å². The van der Waals surface area contributed by atoms with E-state index in [1.54, 1.807) is 62.6 Å². The number of carbonyl (C=O) groups excluding carboxylic acids is 1. The molecule has 5 heteroatoms. The molecule has 0 saturated heterocycles. The van der Waals surface area contributed by atoms with Gasteiger partial charge in [-0.05, 0) is 36.8 Å². The van der Waals surface area contributed by atoms with Crippen LogP contribution in [-0.4, -0.2) is 18.2 Å². The number of hydrogen-bond donors (Lipinski definition) is 3. The second-order valence-electron chi connectivity index (χ2n) is 4.61. The Morgan fingerprint density at radius 3 is 2.38 bits per heavy atom. The highest BCUT2D eigenvalue weighted by molar-refractivity contribution is 5.99. The third-order valence-corrected chi connectivity index (χ3v) is 2.98. The molecule has 0 aliphatic rings. The highest BCUT2D eigenvalue weighted by atomic mass is 16.5. The van der Waals surface area contributed by atoms with Crippen LogP contribution in [0.3, 0.4) is 0 Å². The summed E-state index contributed by atoms with van der Waals surface area (Å²) < 4.78 is 5.09. The van der Waals surface area contributed by atoms with Gasteiger partial charge >= 0.3 is 6.03 Å². The Bertz CT molecular complexity index is 609. The van der Waals surface area contributed by atoms with Crippen LogP contribution in [0, 0.1) is 0 Å². The van der Waals surface area contributed by atoms with E-state index in [9.17, 15) is 9.90 Å². The van der Waals surface area contributed by atoms with Crippen molar-refractivity contribution in [2.24, 2.45) is 0 Å². The summed E-state index contributed by atoms with van der Waals surface area (Å²) in [6.45, 7) is 1.69. The molecule has 2 rings (SSSR count). The maximum atomic E-state index is 11.9. The van der Waals surface area contributed by atoms with Crippen LogP contribution in [0.5, 0.6) is 5.75 Å². The summed E-state index contributed by atoms with van der Waals surface area (Å²) in [4.78, 5) is 11.9. The standard InChI is InChI=1S/C16H18N2O3/c1-11(19)12-6-8-13(9-7-12)17-16(20)18-14-4-3-5-15(10-14)21-2/h3-11,19H,1-2H3,(H2,17,18,20). The molecule has 2 aromatic carbocycles. The van der Waals surface area contributed by atoms with Crippen LogP contribution in [0.4, 0.5) is 16.2 Å².